The van der Waals surface area contributed by atoms with Gasteiger partial charge in [-0.05, 0) is 26.0 Å². The Morgan fingerprint density at radius 3 is 2.26 bits per heavy atom. The number of aliphatic hydroxyl groups is 1. The molecule has 0 aliphatic carbocycles. The SMILES string of the molecule is COC(=O)C(C(C)=O)=C(O)C(C)Oc1ccccc1. The number of methoxy groups -OCH3 is 1. The Labute approximate surface area is 111 Å². The van der Waals surface area contributed by atoms with Crippen molar-refractivity contribution in [2.75, 3.05) is 7.11 Å². The van der Waals surface area contributed by atoms with Crippen molar-refractivity contribution in [3.05, 3.63) is 41.7 Å². The molecule has 5 heteroatoms. The summed E-state index contributed by atoms with van der Waals surface area (Å²) in [4.78, 5) is 22.8. The fraction of sp³-hybridized carbons (Fsp3) is 0.286. The summed E-state index contributed by atoms with van der Waals surface area (Å²) in [5.41, 5.74) is -0.397. The summed E-state index contributed by atoms with van der Waals surface area (Å²) in [6, 6.07) is 8.78. The van der Waals surface area contributed by atoms with Crippen molar-refractivity contribution in [2.45, 2.75) is 20.0 Å². The highest BCUT2D eigenvalue weighted by molar-refractivity contribution is 6.16. The molecule has 0 amide bonds. The number of ether oxygens (including phenoxy) is 2. The predicted octanol–water partition coefficient (Wildman–Crippen LogP) is 2.03. The Morgan fingerprint density at radius 2 is 1.79 bits per heavy atom. The van der Waals surface area contributed by atoms with Gasteiger partial charge in [-0.2, -0.15) is 0 Å². The molecule has 1 aromatic rings. The largest absolute Gasteiger partial charge is 0.507 e. The average Bonchev–Trinajstić information content (AvgIpc) is 2.39. The summed E-state index contributed by atoms with van der Waals surface area (Å²) >= 11 is 0. The molecule has 0 spiro atoms. The van der Waals surface area contributed by atoms with Gasteiger partial charge in [0.1, 0.15) is 11.3 Å². The van der Waals surface area contributed by atoms with Gasteiger partial charge in [0.05, 0.1) is 7.11 Å². The van der Waals surface area contributed by atoms with Crippen molar-refractivity contribution >= 4 is 11.8 Å². The Balaban J connectivity index is 2.98. The maximum atomic E-state index is 11.4. The monoisotopic (exact) mass is 264 g/mol. The molecule has 0 aliphatic rings. The van der Waals surface area contributed by atoms with Gasteiger partial charge >= 0.3 is 5.97 Å². The van der Waals surface area contributed by atoms with Gasteiger partial charge in [-0.25, -0.2) is 4.79 Å². The van der Waals surface area contributed by atoms with E-state index in [-0.39, 0.29) is 0 Å². The summed E-state index contributed by atoms with van der Waals surface area (Å²) in [6.45, 7) is 2.71. The minimum Gasteiger partial charge on any atom is -0.507 e. The number of rotatable bonds is 5. The number of ketones is 1. The van der Waals surface area contributed by atoms with Gasteiger partial charge in [-0.1, -0.05) is 18.2 Å². The van der Waals surface area contributed by atoms with Crippen LogP contribution in [0.25, 0.3) is 0 Å². The normalized spacial score (nSPS) is 13.2. The molecule has 5 nitrogen and oxygen atoms in total. The van der Waals surface area contributed by atoms with Crippen LogP contribution in [0.5, 0.6) is 5.75 Å². The van der Waals surface area contributed by atoms with Crippen LogP contribution >= 0.6 is 0 Å². The molecule has 1 aromatic carbocycles. The van der Waals surface area contributed by atoms with Crippen LogP contribution in [0.1, 0.15) is 13.8 Å². The van der Waals surface area contributed by atoms with Gasteiger partial charge in [-0.15, -0.1) is 0 Å². The third-order valence-corrected chi connectivity index (χ3v) is 2.44. The molecule has 102 valence electrons. The minimum absolute atomic E-state index is 0.397. The minimum atomic E-state index is -0.881. The van der Waals surface area contributed by atoms with E-state index in [9.17, 15) is 14.7 Å². The van der Waals surface area contributed by atoms with Gasteiger partial charge in [0.2, 0.25) is 0 Å². The molecular formula is C14H16O5. The summed E-state index contributed by atoms with van der Waals surface area (Å²) in [7, 11) is 1.14. The lowest BCUT2D eigenvalue weighted by atomic mass is 10.1. The molecule has 19 heavy (non-hydrogen) atoms. The quantitative estimate of drug-likeness (QED) is 0.289. The number of carbonyl (C=O) groups is 2. The Bertz CT molecular complexity index is 490. The molecule has 0 heterocycles. The van der Waals surface area contributed by atoms with Crippen molar-refractivity contribution in [1.29, 1.82) is 0 Å². The Morgan fingerprint density at radius 1 is 1.21 bits per heavy atom. The maximum absolute atomic E-state index is 11.4. The van der Waals surface area contributed by atoms with Crippen molar-refractivity contribution < 1.29 is 24.2 Å². The zero-order valence-corrected chi connectivity index (χ0v) is 11.0. The first-order valence-electron chi connectivity index (χ1n) is 5.71. The molecule has 0 aromatic heterocycles. The van der Waals surface area contributed by atoms with E-state index in [4.69, 9.17) is 4.74 Å². The van der Waals surface area contributed by atoms with Crippen LogP contribution in [-0.4, -0.2) is 30.1 Å². The standard InChI is InChI=1S/C14H16O5/c1-9(15)12(14(17)18-3)13(16)10(2)19-11-7-5-4-6-8-11/h4-8,10,16H,1-3H3. The molecule has 1 N–H and O–H groups in total. The van der Waals surface area contributed by atoms with E-state index in [0.29, 0.717) is 5.75 Å². The lowest BCUT2D eigenvalue weighted by molar-refractivity contribution is -0.138. The summed E-state index contributed by atoms with van der Waals surface area (Å²) in [6.07, 6.45) is -0.833. The molecule has 0 saturated carbocycles. The van der Waals surface area contributed by atoms with Crippen LogP contribution in [0, 0.1) is 0 Å². The molecule has 0 saturated heterocycles. The molecular weight excluding hydrogens is 248 g/mol. The van der Waals surface area contributed by atoms with E-state index >= 15 is 0 Å². The molecule has 1 unspecified atom stereocenters. The fourth-order valence-electron chi connectivity index (χ4n) is 1.49. The van der Waals surface area contributed by atoms with Crippen molar-refractivity contribution in [3.63, 3.8) is 0 Å². The van der Waals surface area contributed by atoms with E-state index in [1.165, 1.54) is 13.8 Å². The van der Waals surface area contributed by atoms with E-state index in [1.807, 2.05) is 6.07 Å². The van der Waals surface area contributed by atoms with Gasteiger partial charge in [0, 0.05) is 0 Å². The maximum Gasteiger partial charge on any atom is 0.345 e. The second-order valence-corrected chi connectivity index (χ2v) is 3.88. The zero-order chi connectivity index (χ0) is 14.4. The van der Waals surface area contributed by atoms with Gasteiger partial charge in [-0.3, -0.25) is 4.79 Å². The van der Waals surface area contributed by atoms with Crippen LogP contribution < -0.4 is 4.74 Å². The third-order valence-electron chi connectivity index (χ3n) is 2.44. The van der Waals surface area contributed by atoms with Crippen LogP contribution in [0.3, 0.4) is 0 Å². The molecule has 0 radical (unpaired) electrons. The van der Waals surface area contributed by atoms with Crippen LogP contribution in [0.4, 0.5) is 0 Å². The molecule has 1 rings (SSSR count). The first-order valence-corrected chi connectivity index (χ1v) is 5.71. The van der Waals surface area contributed by atoms with Crippen LogP contribution in [-0.2, 0) is 14.3 Å². The van der Waals surface area contributed by atoms with Crippen molar-refractivity contribution in [3.8, 4) is 5.75 Å². The highest BCUT2D eigenvalue weighted by Crippen LogP contribution is 2.17. The number of aliphatic hydroxyl groups excluding tert-OH is 1. The Kier molecular flexibility index (Phi) is 5.11. The fourth-order valence-corrected chi connectivity index (χ4v) is 1.49. The molecule has 1 atom stereocenters. The van der Waals surface area contributed by atoms with Crippen LogP contribution in [0.2, 0.25) is 0 Å². The first kappa shape index (κ1) is 14.8. The highest BCUT2D eigenvalue weighted by Gasteiger charge is 2.25. The Hall–Kier alpha value is -2.30. The number of benzene rings is 1. The first-order chi connectivity index (χ1) is 8.97. The smallest absolute Gasteiger partial charge is 0.345 e. The summed E-state index contributed by atoms with van der Waals surface area (Å²) in [5.74, 6) is -1.38. The van der Waals surface area contributed by atoms with Crippen LogP contribution in [0.15, 0.2) is 41.7 Å². The van der Waals surface area contributed by atoms with Crippen molar-refractivity contribution in [1.82, 2.24) is 0 Å². The van der Waals surface area contributed by atoms with E-state index in [1.54, 1.807) is 24.3 Å². The highest BCUT2D eigenvalue weighted by atomic mass is 16.5. The average molecular weight is 264 g/mol. The zero-order valence-electron chi connectivity index (χ0n) is 11.0. The topological polar surface area (TPSA) is 72.8 Å². The number of hydrogen-bond donors (Lipinski definition) is 1. The number of para-hydroxylation sites is 1. The van der Waals surface area contributed by atoms with Crippen molar-refractivity contribution in [2.24, 2.45) is 0 Å². The number of hydrogen-bond acceptors (Lipinski definition) is 5. The second kappa shape index (κ2) is 6.58. The second-order valence-electron chi connectivity index (χ2n) is 3.88. The summed E-state index contributed by atoms with van der Waals surface area (Å²) in [5, 5.41) is 9.94. The van der Waals surface area contributed by atoms with Gasteiger partial charge in [0.25, 0.3) is 0 Å². The lowest BCUT2D eigenvalue weighted by Gasteiger charge is -2.16. The number of carbonyl (C=O) groups excluding carboxylic acids is 2. The number of Topliss-reactive ketones (excluding diaryl/α,β-unsaturated/α-hetero) is 1. The van der Waals surface area contributed by atoms with E-state index in [2.05, 4.69) is 4.74 Å². The predicted molar refractivity (Wildman–Crippen MR) is 68.9 cm³/mol. The number of esters is 1. The third kappa shape index (κ3) is 3.84. The van der Waals surface area contributed by atoms with E-state index < -0.39 is 29.2 Å². The lowest BCUT2D eigenvalue weighted by Crippen LogP contribution is -2.23. The van der Waals surface area contributed by atoms with Gasteiger partial charge < -0.3 is 14.6 Å². The summed E-state index contributed by atoms with van der Waals surface area (Å²) < 4.78 is 9.90. The molecule has 0 fully saturated rings. The molecule has 0 bridgehead atoms. The van der Waals surface area contributed by atoms with Gasteiger partial charge in [0.15, 0.2) is 17.6 Å². The van der Waals surface area contributed by atoms with E-state index in [0.717, 1.165) is 7.11 Å². The molecule has 0 aliphatic heterocycles.